The largest absolute Gasteiger partial charge is 0.467 e. The third-order valence-electron chi connectivity index (χ3n) is 3.00. The van der Waals surface area contributed by atoms with Crippen LogP contribution in [0, 0.1) is 0 Å². The van der Waals surface area contributed by atoms with Crippen LogP contribution in [-0.2, 0) is 25.4 Å². The first-order chi connectivity index (χ1) is 11.4. The molecule has 1 aromatic rings. The van der Waals surface area contributed by atoms with Crippen LogP contribution in [0.1, 0.15) is 12.6 Å². The molecule has 1 aromatic heterocycles. The van der Waals surface area contributed by atoms with Crippen molar-refractivity contribution in [2.24, 2.45) is 0 Å². The van der Waals surface area contributed by atoms with Crippen LogP contribution in [0.3, 0.4) is 0 Å². The molecule has 9 nitrogen and oxygen atoms in total. The summed E-state index contributed by atoms with van der Waals surface area (Å²) in [5, 5.41) is 2.23. The average molecular weight is 339 g/mol. The van der Waals surface area contributed by atoms with Gasteiger partial charge in [0.2, 0.25) is 6.79 Å². The number of ether oxygens (including phenoxy) is 3. The summed E-state index contributed by atoms with van der Waals surface area (Å²) in [6.45, 7) is 1.28. The molecular weight excluding hydrogens is 318 g/mol. The Morgan fingerprint density at radius 3 is 2.67 bits per heavy atom. The van der Waals surface area contributed by atoms with E-state index in [-0.39, 0.29) is 0 Å². The summed E-state index contributed by atoms with van der Waals surface area (Å²) in [7, 11) is 2.76. The minimum atomic E-state index is -0.892. The monoisotopic (exact) mass is 339 g/mol. The van der Waals surface area contributed by atoms with Gasteiger partial charge in [0.15, 0.2) is 0 Å². The summed E-state index contributed by atoms with van der Waals surface area (Å²) in [6.07, 6.45) is 0.719. The Hall–Kier alpha value is -2.84. The van der Waals surface area contributed by atoms with Crippen molar-refractivity contribution in [3.8, 4) is 0 Å². The topological polar surface area (TPSA) is 107 Å². The smallest absolute Gasteiger partial charge is 0.412 e. The Morgan fingerprint density at radius 2 is 2.04 bits per heavy atom. The van der Waals surface area contributed by atoms with E-state index >= 15 is 0 Å². The first-order valence-electron chi connectivity index (χ1n) is 7.23. The van der Waals surface area contributed by atoms with Crippen molar-refractivity contribution in [3.05, 3.63) is 30.1 Å². The van der Waals surface area contributed by atoms with Gasteiger partial charge in [0.05, 0.1) is 7.11 Å². The molecule has 1 heterocycles. The van der Waals surface area contributed by atoms with Gasteiger partial charge in [-0.3, -0.25) is 4.98 Å². The number of amides is 2. The van der Waals surface area contributed by atoms with Crippen LogP contribution in [0.15, 0.2) is 24.4 Å². The molecule has 0 radical (unpaired) electrons. The van der Waals surface area contributed by atoms with Crippen LogP contribution in [0.5, 0.6) is 0 Å². The average Bonchev–Trinajstić information content (AvgIpc) is 2.59. The minimum Gasteiger partial charge on any atom is -0.467 e. The Bertz CT molecular complexity index is 551. The quantitative estimate of drug-likeness (QED) is 0.582. The van der Waals surface area contributed by atoms with Gasteiger partial charge in [0, 0.05) is 31.9 Å². The highest BCUT2D eigenvalue weighted by atomic mass is 16.7. The van der Waals surface area contributed by atoms with Crippen molar-refractivity contribution in [1.82, 2.24) is 15.2 Å². The van der Waals surface area contributed by atoms with Crippen LogP contribution < -0.4 is 5.32 Å². The lowest BCUT2D eigenvalue weighted by molar-refractivity contribution is -0.142. The van der Waals surface area contributed by atoms with E-state index in [0.717, 1.165) is 5.69 Å². The van der Waals surface area contributed by atoms with Gasteiger partial charge >= 0.3 is 18.2 Å². The summed E-state index contributed by atoms with van der Waals surface area (Å²) < 4.78 is 13.9. The van der Waals surface area contributed by atoms with Crippen molar-refractivity contribution in [1.29, 1.82) is 0 Å². The number of pyridine rings is 1. The number of alkyl carbamates (subject to hydrolysis) is 1. The zero-order valence-electron chi connectivity index (χ0n) is 13.9. The molecule has 0 unspecified atom stereocenters. The fourth-order valence-electron chi connectivity index (χ4n) is 1.62. The van der Waals surface area contributed by atoms with Gasteiger partial charge in [-0.15, -0.1) is 0 Å². The third kappa shape index (κ3) is 6.95. The molecule has 0 aromatic carbocycles. The van der Waals surface area contributed by atoms with Gasteiger partial charge < -0.3 is 24.4 Å². The van der Waals surface area contributed by atoms with Crippen LogP contribution in [0.4, 0.5) is 9.59 Å². The van der Waals surface area contributed by atoms with Crippen LogP contribution in [-0.4, -0.2) is 61.6 Å². The zero-order valence-corrected chi connectivity index (χ0v) is 13.9. The molecular formula is C15H21N3O6. The molecule has 0 bridgehead atoms. The number of hydrogen-bond donors (Lipinski definition) is 1. The molecule has 0 aliphatic rings. The number of aromatic nitrogens is 1. The van der Waals surface area contributed by atoms with Gasteiger partial charge in [0.25, 0.3) is 0 Å². The number of carbonyl (C=O) groups excluding carboxylic acids is 3. The van der Waals surface area contributed by atoms with E-state index in [1.54, 1.807) is 13.2 Å². The standard InChI is InChI=1S/C15H21N3O6/c1-11(13(19)22-3)17-14(20)23-10-24-15(21)18(2)9-7-12-6-4-5-8-16-12/h4-6,8,11H,7,9-10H2,1-3H3,(H,17,20)/t11-/m0/s1. The van der Waals surface area contributed by atoms with E-state index in [1.165, 1.54) is 18.9 Å². The maximum Gasteiger partial charge on any atom is 0.412 e. The van der Waals surface area contributed by atoms with E-state index < -0.39 is 31.0 Å². The van der Waals surface area contributed by atoms with E-state index in [4.69, 9.17) is 4.74 Å². The predicted molar refractivity (Wildman–Crippen MR) is 83.0 cm³/mol. The second-order valence-electron chi connectivity index (χ2n) is 4.84. The van der Waals surface area contributed by atoms with E-state index in [1.807, 2.05) is 18.2 Å². The zero-order chi connectivity index (χ0) is 17.9. The lowest BCUT2D eigenvalue weighted by Gasteiger charge is -2.17. The molecule has 2 amide bonds. The lowest BCUT2D eigenvalue weighted by Crippen LogP contribution is -2.40. The molecule has 0 aliphatic carbocycles. The summed E-state index contributed by atoms with van der Waals surface area (Å²) in [6, 6.07) is 4.67. The van der Waals surface area contributed by atoms with Crippen molar-refractivity contribution < 1.29 is 28.6 Å². The van der Waals surface area contributed by atoms with Crippen LogP contribution in [0.25, 0.3) is 0 Å². The summed E-state index contributed by atoms with van der Waals surface area (Å²) >= 11 is 0. The van der Waals surface area contributed by atoms with E-state index in [9.17, 15) is 14.4 Å². The fraction of sp³-hybridized carbons (Fsp3) is 0.467. The molecule has 0 spiro atoms. The van der Waals surface area contributed by atoms with Crippen LogP contribution >= 0.6 is 0 Å². The number of nitrogens with one attached hydrogen (secondary N) is 1. The van der Waals surface area contributed by atoms with E-state index in [0.29, 0.717) is 13.0 Å². The second-order valence-corrected chi connectivity index (χ2v) is 4.84. The lowest BCUT2D eigenvalue weighted by atomic mass is 10.2. The normalized spacial score (nSPS) is 11.1. The van der Waals surface area contributed by atoms with Gasteiger partial charge in [-0.1, -0.05) is 6.07 Å². The second kappa shape index (κ2) is 10.0. The summed E-state index contributed by atoms with van der Waals surface area (Å²) in [4.78, 5) is 39.7. The number of methoxy groups -OCH3 is 1. The third-order valence-corrected chi connectivity index (χ3v) is 3.00. The number of esters is 1. The molecule has 9 heteroatoms. The van der Waals surface area contributed by atoms with E-state index in [2.05, 4.69) is 19.8 Å². The molecule has 24 heavy (non-hydrogen) atoms. The van der Waals surface area contributed by atoms with Gasteiger partial charge in [0.1, 0.15) is 6.04 Å². The maximum absolute atomic E-state index is 11.7. The highest BCUT2D eigenvalue weighted by Crippen LogP contribution is 1.98. The molecule has 0 saturated carbocycles. The Kier molecular flexibility index (Phi) is 8.03. The SMILES string of the molecule is COC(=O)[C@H](C)NC(=O)OCOC(=O)N(C)CCc1ccccn1. The number of hydrogen-bond acceptors (Lipinski definition) is 7. The molecule has 1 N–H and O–H groups in total. The Labute approximate surface area is 139 Å². The first kappa shape index (κ1) is 19.2. The number of rotatable bonds is 7. The molecule has 132 valence electrons. The maximum atomic E-state index is 11.7. The highest BCUT2D eigenvalue weighted by molar-refractivity contribution is 5.80. The summed E-state index contributed by atoms with van der Waals surface area (Å²) in [5.74, 6) is -0.613. The molecule has 0 fully saturated rings. The number of nitrogens with zero attached hydrogens (tertiary/aromatic N) is 2. The number of likely N-dealkylation sites (N-methyl/N-ethyl adjacent to an activating group) is 1. The molecule has 0 aliphatic heterocycles. The highest BCUT2D eigenvalue weighted by Gasteiger charge is 2.17. The molecule has 1 rings (SSSR count). The molecule has 0 saturated heterocycles. The van der Waals surface area contributed by atoms with Crippen molar-refractivity contribution in [2.45, 2.75) is 19.4 Å². The Balaban J connectivity index is 2.22. The van der Waals surface area contributed by atoms with Crippen molar-refractivity contribution in [3.63, 3.8) is 0 Å². The van der Waals surface area contributed by atoms with Gasteiger partial charge in [-0.05, 0) is 19.1 Å². The first-order valence-corrected chi connectivity index (χ1v) is 7.23. The number of carbonyl (C=O) groups is 3. The van der Waals surface area contributed by atoms with Gasteiger partial charge in [-0.2, -0.15) is 0 Å². The summed E-state index contributed by atoms with van der Waals surface area (Å²) in [5.41, 5.74) is 0.851. The minimum absolute atomic E-state index is 0.404. The molecule has 1 atom stereocenters. The predicted octanol–water partition coefficient (Wildman–Crippen LogP) is 0.938. The van der Waals surface area contributed by atoms with Gasteiger partial charge in [-0.25, -0.2) is 14.4 Å². The van der Waals surface area contributed by atoms with Crippen molar-refractivity contribution >= 4 is 18.2 Å². The van der Waals surface area contributed by atoms with Crippen LogP contribution in [0.2, 0.25) is 0 Å². The van der Waals surface area contributed by atoms with Crippen molar-refractivity contribution in [2.75, 3.05) is 27.5 Å². The Morgan fingerprint density at radius 1 is 1.29 bits per heavy atom. The fourth-order valence-corrected chi connectivity index (χ4v) is 1.62.